The predicted molar refractivity (Wildman–Crippen MR) is 75.4 cm³/mol. The number of benzene rings is 1. The van der Waals surface area contributed by atoms with Crippen molar-refractivity contribution in [2.24, 2.45) is 0 Å². The van der Waals surface area contributed by atoms with Gasteiger partial charge in [0.05, 0.1) is 7.11 Å². The summed E-state index contributed by atoms with van der Waals surface area (Å²) in [6.45, 7) is 2.55. The fourth-order valence-corrected chi connectivity index (χ4v) is 1.73. The van der Waals surface area contributed by atoms with Crippen LogP contribution in [0.25, 0.3) is 0 Å². The third-order valence-corrected chi connectivity index (χ3v) is 2.88. The number of methoxy groups -OCH3 is 1. The molecule has 4 nitrogen and oxygen atoms in total. The number of nitrogen functional groups attached to an aromatic ring is 1. The van der Waals surface area contributed by atoms with Gasteiger partial charge in [0.15, 0.2) is 11.5 Å². The predicted octanol–water partition coefficient (Wildman–Crippen LogP) is 2.81. The van der Waals surface area contributed by atoms with Crippen LogP contribution in [0.2, 0.25) is 0 Å². The van der Waals surface area contributed by atoms with Crippen molar-refractivity contribution in [2.75, 3.05) is 12.8 Å². The third kappa shape index (κ3) is 3.37. The zero-order chi connectivity index (χ0) is 13.7. The van der Waals surface area contributed by atoms with Crippen molar-refractivity contribution in [3.8, 4) is 11.5 Å². The summed E-state index contributed by atoms with van der Waals surface area (Å²) in [5, 5.41) is 0. The number of ether oxygens (including phenoxy) is 2. The Morgan fingerprint density at radius 3 is 2.53 bits per heavy atom. The Labute approximate surface area is 113 Å². The second kappa shape index (κ2) is 6.09. The first kappa shape index (κ1) is 13.2. The quantitative estimate of drug-likeness (QED) is 0.896. The number of aromatic nitrogens is 1. The van der Waals surface area contributed by atoms with Crippen molar-refractivity contribution >= 4 is 5.82 Å². The lowest BCUT2D eigenvalue weighted by atomic mass is 10.1. The minimum atomic E-state index is 0.440. The second-order valence-electron chi connectivity index (χ2n) is 4.22. The molecule has 2 aromatic rings. The van der Waals surface area contributed by atoms with Crippen LogP contribution in [0.5, 0.6) is 11.5 Å². The Bertz CT molecular complexity index is 538. The Morgan fingerprint density at radius 1 is 1.11 bits per heavy atom. The zero-order valence-corrected chi connectivity index (χ0v) is 11.2. The van der Waals surface area contributed by atoms with Crippen LogP contribution in [0.1, 0.15) is 18.1 Å². The first-order valence-electron chi connectivity index (χ1n) is 6.23. The van der Waals surface area contributed by atoms with Gasteiger partial charge in [-0.15, -0.1) is 0 Å². The summed E-state index contributed by atoms with van der Waals surface area (Å²) in [5.74, 6) is 1.99. The van der Waals surface area contributed by atoms with E-state index >= 15 is 0 Å². The van der Waals surface area contributed by atoms with Gasteiger partial charge in [-0.3, -0.25) is 0 Å². The Balaban J connectivity index is 2.08. The minimum absolute atomic E-state index is 0.440. The van der Waals surface area contributed by atoms with Gasteiger partial charge < -0.3 is 15.2 Å². The molecule has 100 valence electrons. The molecular formula is C15H18N2O2. The fraction of sp³-hybridized carbons (Fsp3) is 0.267. The van der Waals surface area contributed by atoms with Gasteiger partial charge >= 0.3 is 0 Å². The lowest BCUT2D eigenvalue weighted by Crippen LogP contribution is -1.99. The van der Waals surface area contributed by atoms with Gasteiger partial charge in [0, 0.05) is 11.8 Å². The number of hydrogen-bond donors (Lipinski definition) is 1. The molecule has 0 spiro atoms. The third-order valence-electron chi connectivity index (χ3n) is 2.88. The average molecular weight is 258 g/mol. The summed E-state index contributed by atoms with van der Waals surface area (Å²) < 4.78 is 11.1. The van der Waals surface area contributed by atoms with Crippen molar-refractivity contribution in [1.29, 1.82) is 0 Å². The fourth-order valence-electron chi connectivity index (χ4n) is 1.73. The molecule has 19 heavy (non-hydrogen) atoms. The molecule has 0 aliphatic heterocycles. The number of pyridine rings is 1. The molecule has 2 rings (SSSR count). The molecular weight excluding hydrogens is 240 g/mol. The Morgan fingerprint density at radius 2 is 1.89 bits per heavy atom. The normalized spacial score (nSPS) is 10.2. The highest BCUT2D eigenvalue weighted by Crippen LogP contribution is 2.28. The van der Waals surface area contributed by atoms with Crippen LogP contribution in [0, 0.1) is 0 Å². The second-order valence-corrected chi connectivity index (χ2v) is 4.22. The SMILES string of the molecule is CCc1ccc(OCc2ccc(N)nc2)c(OC)c1. The maximum Gasteiger partial charge on any atom is 0.161 e. The number of anilines is 1. The molecule has 1 aromatic carbocycles. The van der Waals surface area contributed by atoms with Crippen LogP contribution in [-0.4, -0.2) is 12.1 Å². The van der Waals surface area contributed by atoms with E-state index < -0.39 is 0 Å². The minimum Gasteiger partial charge on any atom is -0.493 e. The number of aryl methyl sites for hydroxylation is 1. The van der Waals surface area contributed by atoms with E-state index in [1.165, 1.54) is 5.56 Å². The molecule has 0 radical (unpaired) electrons. The standard InChI is InChI=1S/C15H18N2O2/c1-3-11-4-6-13(14(8-11)18-2)19-10-12-5-7-15(16)17-9-12/h4-9H,3,10H2,1-2H3,(H2,16,17). The first-order chi connectivity index (χ1) is 9.22. The number of nitrogens with zero attached hydrogens (tertiary/aromatic N) is 1. The summed E-state index contributed by atoms with van der Waals surface area (Å²) in [6, 6.07) is 9.63. The molecule has 0 amide bonds. The molecule has 0 aliphatic carbocycles. The average Bonchev–Trinajstić information content (AvgIpc) is 2.46. The topological polar surface area (TPSA) is 57.4 Å². The molecule has 1 heterocycles. The highest BCUT2D eigenvalue weighted by atomic mass is 16.5. The van der Waals surface area contributed by atoms with Gasteiger partial charge in [0.25, 0.3) is 0 Å². The van der Waals surface area contributed by atoms with E-state index in [0.717, 1.165) is 23.5 Å². The van der Waals surface area contributed by atoms with E-state index in [0.29, 0.717) is 12.4 Å². The van der Waals surface area contributed by atoms with Crippen molar-refractivity contribution in [1.82, 2.24) is 4.98 Å². The van der Waals surface area contributed by atoms with E-state index in [2.05, 4.69) is 11.9 Å². The van der Waals surface area contributed by atoms with Gasteiger partial charge in [0.1, 0.15) is 12.4 Å². The Hall–Kier alpha value is -2.23. The maximum atomic E-state index is 5.75. The van der Waals surface area contributed by atoms with E-state index in [9.17, 15) is 0 Å². The van der Waals surface area contributed by atoms with Crippen molar-refractivity contribution in [3.05, 3.63) is 47.7 Å². The van der Waals surface area contributed by atoms with Gasteiger partial charge in [-0.05, 0) is 30.2 Å². The molecule has 4 heteroatoms. The van der Waals surface area contributed by atoms with E-state index in [1.807, 2.05) is 24.3 Å². The zero-order valence-electron chi connectivity index (χ0n) is 11.2. The molecule has 0 unspecified atom stereocenters. The van der Waals surface area contributed by atoms with Crippen molar-refractivity contribution in [3.63, 3.8) is 0 Å². The van der Waals surface area contributed by atoms with Crippen molar-refractivity contribution < 1.29 is 9.47 Å². The summed E-state index contributed by atoms with van der Waals surface area (Å²) >= 11 is 0. The number of rotatable bonds is 5. The number of nitrogens with two attached hydrogens (primary N) is 1. The molecule has 0 saturated carbocycles. The Kier molecular flexibility index (Phi) is 4.23. The largest absolute Gasteiger partial charge is 0.493 e. The van der Waals surface area contributed by atoms with Gasteiger partial charge in [0.2, 0.25) is 0 Å². The van der Waals surface area contributed by atoms with E-state index in [-0.39, 0.29) is 0 Å². The van der Waals surface area contributed by atoms with Gasteiger partial charge in [-0.2, -0.15) is 0 Å². The smallest absolute Gasteiger partial charge is 0.161 e. The van der Waals surface area contributed by atoms with Crippen LogP contribution in [0.15, 0.2) is 36.5 Å². The summed E-state index contributed by atoms with van der Waals surface area (Å²) in [4.78, 5) is 4.03. The molecule has 0 bridgehead atoms. The molecule has 0 atom stereocenters. The summed E-state index contributed by atoms with van der Waals surface area (Å²) in [5.41, 5.74) is 7.73. The molecule has 0 aliphatic rings. The van der Waals surface area contributed by atoms with Crippen LogP contribution >= 0.6 is 0 Å². The molecule has 1 aromatic heterocycles. The van der Waals surface area contributed by atoms with E-state index in [1.54, 1.807) is 19.4 Å². The molecule has 0 fully saturated rings. The van der Waals surface area contributed by atoms with Crippen molar-refractivity contribution in [2.45, 2.75) is 20.0 Å². The maximum absolute atomic E-state index is 5.75. The highest BCUT2D eigenvalue weighted by Gasteiger charge is 2.05. The molecule has 2 N–H and O–H groups in total. The summed E-state index contributed by atoms with van der Waals surface area (Å²) in [6.07, 6.45) is 2.68. The monoisotopic (exact) mass is 258 g/mol. The van der Waals surface area contributed by atoms with Crippen LogP contribution < -0.4 is 15.2 Å². The van der Waals surface area contributed by atoms with Gasteiger partial charge in [-0.25, -0.2) is 4.98 Å². The van der Waals surface area contributed by atoms with E-state index in [4.69, 9.17) is 15.2 Å². The lowest BCUT2D eigenvalue weighted by Gasteiger charge is -2.11. The highest BCUT2D eigenvalue weighted by molar-refractivity contribution is 5.43. The lowest BCUT2D eigenvalue weighted by molar-refractivity contribution is 0.284. The van der Waals surface area contributed by atoms with Crippen LogP contribution in [-0.2, 0) is 13.0 Å². The van der Waals surface area contributed by atoms with Crippen LogP contribution in [0.4, 0.5) is 5.82 Å². The first-order valence-corrected chi connectivity index (χ1v) is 6.23. The van der Waals surface area contributed by atoms with Crippen LogP contribution in [0.3, 0.4) is 0 Å². The number of hydrogen-bond acceptors (Lipinski definition) is 4. The van der Waals surface area contributed by atoms with Gasteiger partial charge in [-0.1, -0.05) is 19.1 Å². The molecule has 0 saturated heterocycles. The summed E-state index contributed by atoms with van der Waals surface area (Å²) in [7, 11) is 1.65.